The van der Waals surface area contributed by atoms with Gasteiger partial charge in [-0.05, 0) is 37.2 Å². The number of nitrogens with two attached hydrogens (primary N) is 1. The number of likely N-dealkylation sites (N-methyl/N-ethyl adjacent to an activating group) is 1. The minimum Gasteiger partial charge on any atom is -0.399 e. The van der Waals surface area contributed by atoms with E-state index in [1.807, 2.05) is 25.2 Å². The highest BCUT2D eigenvalue weighted by Gasteiger charge is 2.60. The largest absolute Gasteiger partial charge is 0.399 e. The van der Waals surface area contributed by atoms with Gasteiger partial charge in [0.1, 0.15) is 0 Å². The van der Waals surface area contributed by atoms with Crippen LogP contribution in [0.1, 0.15) is 5.56 Å². The van der Waals surface area contributed by atoms with Gasteiger partial charge in [0.2, 0.25) is 11.8 Å². The number of fused-ring (bicyclic) bond motifs is 4. The second-order valence-electron chi connectivity index (χ2n) is 6.75. The maximum absolute atomic E-state index is 12.8. The zero-order chi connectivity index (χ0) is 17.1. The zero-order valence-corrected chi connectivity index (χ0v) is 13.3. The first-order valence-corrected chi connectivity index (χ1v) is 7.92. The van der Waals surface area contributed by atoms with Gasteiger partial charge in [-0.15, -0.1) is 0 Å². The molecule has 3 aliphatic heterocycles. The van der Waals surface area contributed by atoms with E-state index in [-0.39, 0.29) is 12.5 Å². The van der Waals surface area contributed by atoms with Crippen molar-refractivity contribution in [2.75, 3.05) is 37.3 Å². The number of imide groups is 2. The molecule has 0 aromatic heterocycles. The van der Waals surface area contributed by atoms with E-state index in [9.17, 15) is 14.4 Å². The Hall–Kier alpha value is -2.61. The Morgan fingerprint density at radius 1 is 1.17 bits per heavy atom. The number of carbonyl (C=O) groups is 3. The predicted octanol–water partition coefficient (Wildman–Crippen LogP) is -0.702. The first-order chi connectivity index (χ1) is 11.4. The van der Waals surface area contributed by atoms with Gasteiger partial charge in [-0.3, -0.25) is 20.2 Å². The van der Waals surface area contributed by atoms with E-state index in [0.29, 0.717) is 18.8 Å². The number of nitrogens with one attached hydrogen (secondary N) is 2. The number of piperazine rings is 1. The summed E-state index contributed by atoms with van der Waals surface area (Å²) >= 11 is 0. The Labute approximate surface area is 139 Å². The van der Waals surface area contributed by atoms with Crippen LogP contribution in [-0.4, -0.2) is 55.5 Å². The van der Waals surface area contributed by atoms with E-state index >= 15 is 0 Å². The fraction of sp³-hybridized carbons (Fsp3) is 0.438. The minimum atomic E-state index is -1.33. The SMILES string of the molecule is CN1CCN2c3ccc(N)cc3CC3(C(=O)NC(=O)NC3=O)[C@@H]2C1. The van der Waals surface area contributed by atoms with Gasteiger partial charge in [0, 0.05) is 31.0 Å². The summed E-state index contributed by atoms with van der Waals surface area (Å²) in [4.78, 5) is 41.3. The third kappa shape index (κ3) is 1.92. The summed E-state index contributed by atoms with van der Waals surface area (Å²) < 4.78 is 0. The van der Waals surface area contributed by atoms with Crippen molar-refractivity contribution in [3.05, 3.63) is 23.8 Å². The highest BCUT2D eigenvalue weighted by atomic mass is 16.2. The van der Waals surface area contributed by atoms with Crippen molar-refractivity contribution in [1.82, 2.24) is 15.5 Å². The lowest BCUT2D eigenvalue weighted by Crippen LogP contribution is -2.74. The first-order valence-electron chi connectivity index (χ1n) is 7.92. The zero-order valence-electron chi connectivity index (χ0n) is 13.3. The van der Waals surface area contributed by atoms with Gasteiger partial charge in [-0.1, -0.05) is 0 Å². The second kappa shape index (κ2) is 4.94. The van der Waals surface area contributed by atoms with Gasteiger partial charge in [-0.25, -0.2) is 4.79 Å². The van der Waals surface area contributed by atoms with Crippen LogP contribution in [0.3, 0.4) is 0 Å². The minimum absolute atomic E-state index is 0.229. The summed E-state index contributed by atoms with van der Waals surface area (Å²) in [5.41, 5.74) is 7.02. The van der Waals surface area contributed by atoms with Gasteiger partial charge in [0.25, 0.3) is 0 Å². The van der Waals surface area contributed by atoms with Crippen LogP contribution in [-0.2, 0) is 16.0 Å². The van der Waals surface area contributed by atoms with Crippen LogP contribution in [0.2, 0.25) is 0 Å². The van der Waals surface area contributed by atoms with Crippen molar-refractivity contribution in [2.24, 2.45) is 5.41 Å². The number of hydrogen-bond donors (Lipinski definition) is 3. The molecule has 0 unspecified atom stereocenters. The van der Waals surface area contributed by atoms with Crippen LogP contribution < -0.4 is 21.3 Å². The molecule has 24 heavy (non-hydrogen) atoms. The molecular formula is C16H19N5O3. The van der Waals surface area contributed by atoms with E-state index in [4.69, 9.17) is 5.73 Å². The normalized spacial score (nSPS) is 25.8. The maximum Gasteiger partial charge on any atom is 0.328 e. The monoisotopic (exact) mass is 329 g/mol. The average molecular weight is 329 g/mol. The van der Waals surface area contributed by atoms with Crippen LogP contribution in [0.5, 0.6) is 0 Å². The molecule has 0 radical (unpaired) electrons. The number of barbiturate groups is 1. The summed E-state index contributed by atoms with van der Waals surface area (Å²) in [5, 5.41) is 4.55. The number of nitrogen functional groups attached to an aromatic ring is 1. The number of amides is 4. The number of anilines is 2. The number of carbonyl (C=O) groups excluding carboxylic acids is 3. The average Bonchev–Trinajstić information content (AvgIpc) is 2.52. The third-order valence-electron chi connectivity index (χ3n) is 5.30. The van der Waals surface area contributed by atoms with Gasteiger partial charge in [0.05, 0.1) is 6.04 Å². The quantitative estimate of drug-likeness (QED) is 0.429. The highest BCUT2D eigenvalue weighted by molar-refractivity contribution is 6.20. The fourth-order valence-corrected chi connectivity index (χ4v) is 4.10. The molecule has 2 fully saturated rings. The molecule has 1 spiro atoms. The number of rotatable bonds is 0. The second-order valence-corrected chi connectivity index (χ2v) is 6.75. The van der Waals surface area contributed by atoms with Crippen LogP contribution in [0.25, 0.3) is 0 Å². The molecule has 1 aromatic rings. The van der Waals surface area contributed by atoms with Gasteiger partial charge in [-0.2, -0.15) is 0 Å². The van der Waals surface area contributed by atoms with Crippen LogP contribution in [0, 0.1) is 5.41 Å². The molecule has 8 nitrogen and oxygen atoms in total. The Kier molecular flexibility index (Phi) is 3.08. The third-order valence-corrected chi connectivity index (χ3v) is 5.30. The number of urea groups is 1. The first kappa shape index (κ1) is 14.9. The fourth-order valence-electron chi connectivity index (χ4n) is 4.10. The number of nitrogens with zero attached hydrogens (tertiary/aromatic N) is 2. The van der Waals surface area contributed by atoms with E-state index in [0.717, 1.165) is 17.8 Å². The van der Waals surface area contributed by atoms with Crippen LogP contribution >= 0.6 is 0 Å². The van der Waals surface area contributed by atoms with Crippen molar-refractivity contribution in [1.29, 1.82) is 0 Å². The molecule has 4 N–H and O–H groups in total. The summed E-state index contributed by atoms with van der Waals surface area (Å²) in [6, 6.07) is 4.49. The van der Waals surface area contributed by atoms with Crippen LogP contribution in [0.4, 0.5) is 16.2 Å². The lowest BCUT2D eigenvalue weighted by molar-refractivity contribution is -0.147. The summed E-state index contributed by atoms with van der Waals surface area (Å²) in [6.07, 6.45) is 0.229. The van der Waals surface area contributed by atoms with E-state index < -0.39 is 23.3 Å². The van der Waals surface area contributed by atoms with Crippen molar-refractivity contribution in [2.45, 2.75) is 12.5 Å². The Bertz CT molecular complexity index is 742. The lowest BCUT2D eigenvalue weighted by Gasteiger charge is -2.53. The molecule has 8 heteroatoms. The molecule has 2 saturated heterocycles. The Balaban J connectivity index is 1.89. The van der Waals surface area contributed by atoms with Gasteiger partial charge in [0.15, 0.2) is 5.41 Å². The van der Waals surface area contributed by atoms with Gasteiger partial charge < -0.3 is 15.5 Å². The van der Waals surface area contributed by atoms with E-state index in [1.165, 1.54) is 0 Å². The van der Waals surface area contributed by atoms with Crippen molar-refractivity contribution >= 4 is 29.2 Å². The summed E-state index contributed by atoms with van der Waals surface area (Å²) in [7, 11) is 1.97. The molecule has 126 valence electrons. The van der Waals surface area contributed by atoms with Gasteiger partial charge >= 0.3 is 6.03 Å². The Morgan fingerprint density at radius 3 is 2.58 bits per heavy atom. The Morgan fingerprint density at radius 2 is 1.88 bits per heavy atom. The molecule has 3 aliphatic rings. The topological polar surface area (TPSA) is 108 Å². The van der Waals surface area contributed by atoms with Crippen molar-refractivity contribution in [3.63, 3.8) is 0 Å². The van der Waals surface area contributed by atoms with E-state index in [1.54, 1.807) is 0 Å². The highest BCUT2D eigenvalue weighted by Crippen LogP contribution is 2.44. The summed E-state index contributed by atoms with van der Waals surface area (Å²) in [5.74, 6) is -1.07. The molecule has 3 heterocycles. The lowest BCUT2D eigenvalue weighted by atomic mass is 9.68. The molecule has 1 atom stereocenters. The molecule has 4 rings (SSSR count). The van der Waals surface area contributed by atoms with Crippen LogP contribution in [0.15, 0.2) is 18.2 Å². The molecule has 1 aromatic carbocycles. The van der Waals surface area contributed by atoms with E-state index in [2.05, 4.69) is 20.4 Å². The maximum atomic E-state index is 12.8. The smallest absolute Gasteiger partial charge is 0.328 e. The van der Waals surface area contributed by atoms with Crippen molar-refractivity contribution < 1.29 is 14.4 Å². The predicted molar refractivity (Wildman–Crippen MR) is 87.3 cm³/mol. The molecule has 4 amide bonds. The molecule has 0 aliphatic carbocycles. The molecule has 0 bridgehead atoms. The summed E-state index contributed by atoms with van der Waals surface area (Å²) in [6.45, 7) is 2.10. The molecule has 0 saturated carbocycles. The van der Waals surface area contributed by atoms with Crippen molar-refractivity contribution in [3.8, 4) is 0 Å². The standard InChI is InChI=1S/C16H19N5O3/c1-20-4-5-21-11-3-2-10(17)6-9(11)7-16(12(21)8-20)13(22)18-15(24)19-14(16)23/h2-3,6,12H,4-5,7-8,17H2,1H3,(H2,18,19,22,23,24)/t12-/m0/s1. The number of hydrogen-bond acceptors (Lipinski definition) is 6. The molecular weight excluding hydrogens is 310 g/mol. The number of benzene rings is 1.